The van der Waals surface area contributed by atoms with Crippen molar-refractivity contribution in [2.24, 2.45) is 5.73 Å². The standard InChI is InChI=1S/C22H27FN4O4S/c1-26(2)21(28)19(20(24)22(29)27-13-12-16(23)14-27)15-8-10-17(11-9-15)25-32(30,31)18-6-4-3-5-7-18/h3-11,16,19-20,25H,12-14,24H2,1-2H3/t16-,19-,20-/m0/s1. The molecule has 3 rings (SSSR count). The number of carbonyl (C=O) groups is 2. The van der Waals surface area contributed by atoms with Crippen LogP contribution in [0.2, 0.25) is 0 Å². The van der Waals surface area contributed by atoms with Gasteiger partial charge < -0.3 is 15.5 Å². The zero-order valence-electron chi connectivity index (χ0n) is 17.9. The molecule has 8 nitrogen and oxygen atoms in total. The van der Waals surface area contributed by atoms with Crippen LogP contribution in [-0.2, 0) is 19.6 Å². The maximum Gasteiger partial charge on any atom is 0.261 e. The summed E-state index contributed by atoms with van der Waals surface area (Å²) in [5.74, 6) is -1.85. The molecule has 172 valence electrons. The zero-order chi connectivity index (χ0) is 23.5. The Morgan fingerprint density at radius 1 is 1.12 bits per heavy atom. The zero-order valence-corrected chi connectivity index (χ0v) is 18.8. The number of nitrogens with two attached hydrogens (primary N) is 1. The van der Waals surface area contributed by atoms with E-state index in [1.807, 2.05) is 0 Å². The highest BCUT2D eigenvalue weighted by Crippen LogP contribution is 2.26. The number of benzene rings is 2. The predicted octanol–water partition coefficient (Wildman–Crippen LogP) is 1.56. The summed E-state index contributed by atoms with van der Waals surface area (Å²) in [5.41, 5.74) is 6.96. The molecular weight excluding hydrogens is 435 g/mol. The first-order valence-corrected chi connectivity index (χ1v) is 11.7. The monoisotopic (exact) mass is 462 g/mol. The van der Waals surface area contributed by atoms with Crippen LogP contribution in [0.15, 0.2) is 59.5 Å². The van der Waals surface area contributed by atoms with E-state index in [2.05, 4.69) is 4.72 Å². The lowest BCUT2D eigenvalue weighted by atomic mass is 9.89. The van der Waals surface area contributed by atoms with Gasteiger partial charge in [0, 0.05) is 26.3 Å². The highest BCUT2D eigenvalue weighted by molar-refractivity contribution is 7.92. The highest BCUT2D eigenvalue weighted by atomic mass is 32.2. The van der Waals surface area contributed by atoms with E-state index in [4.69, 9.17) is 5.73 Å². The van der Waals surface area contributed by atoms with Crippen LogP contribution >= 0.6 is 0 Å². The molecule has 0 spiro atoms. The molecule has 2 aromatic rings. The maximum absolute atomic E-state index is 13.5. The minimum atomic E-state index is -3.77. The molecule has 0 aromatic heterocycles. The fraction of sp³-hybridized carbons (Fsp3) is 0.364. The second-order valence-corrected chi connectivity index (χ2v) is 9.63. The third-order valence-corrected chi connectivity index (χ3v) is 6.77. The number of hydrogen-bond acceptors (Lipinski definition) is 5. The number of likely N-dealkylation sites (N-methyl/N-ethyl adjacent to an activating group) is 1. The number of nitrogens with zero attached hydrogens (tertiary/aromatic N) is 2. The number of nitrogens with one attached hydrogen (secondary N) is 1. The molecule has 0 bridgehead atoms. The van der Waals surface area contributed by atoms with Gasteiger partial charge in [-0.05, 0) is 36.2 Å². The molecule has 10 heteroatoms. The molecule has 1 aliphatic heterocycles. The van der Waals surface area contributed by atoms with Crippen LogP contribution in [0.5, 0.6) is 0 Å². The Morgan fingerprint density at radius 3 is 2.28 bits per heavy atom. The van der Waals surface area contributed by atoms with Gasteiger partial charge in [0.25, 0.3) is 10.0 Å². The van der Waals surface area contributed by atoms with Gasteiger partial charge in [-0.3, -0.25) is 14.3 Å². The Hall–Kier alpha value is -2.98. The molecule has 1 saturated heterocycles. The number of sulfonamides is 1. The van der Waals surface area contributed by atoms with E-state index < -0.39 is 34.1 Å². The van der Waals surface area contributed by atoms with Crippen LogP contribution in [-0.4, -0.2) is 69.4 Å². The summed E-state index contributed by atoms with van der Waals surface area (Å²) in [6.07, 6.45) is -0.841. The van der Waals surface area contributed by atoms with Crippen LogP contribution in [0.25, 0.3) is 0 Å². The van der Waals surface area contributed by atoms with Crippen molar-refractivity contribution in [2.45, 2.75) is 29.4 Å². The van der Waals surface area contributed by atoms with Gasteiger partial charge in [-0.15, -0.1) is 0 Å². The Labute approximate surface area is 187 Å². The third kappa shape index (κ3) is 5.25. The quantitative estimate of drug-likeness (QED) is 0.648. The lowest BCUT2D eigenvalue weighted by molar-refractivity contribution is -0.138. The number of rotatable bonds is 7. The highest BCUT2D eigenvalue weighted by Gasteiger charge is 2.37. The molecule has 1 heterocycles. The molecule has 0 unspecified atom stereocenters. The van der Waals surface area contributed by atoms with Crippen LogP contribution in [0.4, 0.5) is 10.1 Å². The summed E-state index contributed by atoms with van der Waals surface area (Å²) in [5, 5.41) is 0. The second-order valence-electron chi connectivity index (χ2n) is 7.95. The summed E-state index contributed by atoms with van der Waals surface area (Å²) < 4.78 is 41.1. The minimum Gasteiger partial charge on any atom is -0.348 e. The number of likely N-dealkylation sites (tertiary alicyclic amines) is 1. The Kier molecular flexibility index (Phi) is 7.15. The molecule has 1 fully saturated rings. The third-order valence-electron chi connectivity index (χ3n) is 5.37. The van der Waals surface area contributed by atoms with Gasteiger partial charge in [0.05, 0.1) is 17.4 Å². The van der Waals surface area contributed by atoms with E-state index in [1.165, 1.54) is 34.1 Å². The van der Waals surface area contributed by atoms with Crippen LogP contribution < -0.4 is 10.5 Å². The fourth-order valence-electron chi connectivity index (χ4n) is 3.63. The Morgan fingerprint density at radius 2 is 1.75 bits per heavy atom. The number of alkyl halides is 1. The summed E-state index contributed by atoms with van der Waals surface area (Å²) in [6.45, 7) is 0.229. The van der Waals surface area contributed by atoms with E-state index in [1.54, 1.807) is 44.4 Å². The van der Waals surface area contributed by atoms with Crippen LogP contribution in [0.3, 0.4) is 0 Å². The first kappa shape index (κ1) is 23.7. The van der Waals surface area contributed by atoms with Crippen molar-refractivity contribution < 1.29 is 22.4 Å². The second kappa shape index (κ2) is 9.66. The van der Waals surface area contributed by atoms with Crippen molar-refractivity contribution in [3.8, 4) is 0 Å². The van der Waals surface area contributed by atoms with E-state index in [0.717, 1.165) is 0 Å². The van der Waals surface area contributed by atoms with Crippen molar-refractivity contribution >= 4 is 27.5 Å². The van der Waals surface area contributed by atoms with Crippen LogP contribution in [0, 0.1) is 0 Å². The first-order chi connectivity index (χ1) is 15.1. The first-order valence-electron chi connectivity index (χ1n) is 10.2. The van der Waals surface area contributed by atoms with E-state index >= 15 is 0 Å². The molecule has 0 radical (unpaired) electrons. The maximum atomic E-state index is 13.5. The number of amides is 2. The fourth-order valence-corrected chi connectivity index (χ4v) is 4.70. The lowest BCUT2D eigenvalue weighted by Crippen LogP contribution is -2.50. The number of hydrogen-bond donors (Lipinski definition) is 2. The molecule has 0 aliphatic carbocycles. The number of carbonyl (C=O) groups excluding carboxylic acids is 2. The lowest BCUT2D eigenvalue weighted by Gasteiger charge is -2.28. The van der Waals surface area contributed by atoms with Gasteiger partial charge in [0.15, 0.2) is 0 Å². The molecule has 1 aliphatic rings. The van der Waals surface area contributed by atoms with E-state index in [0.29, 0.717) is 11.3 Å². The molecule has 32 heavy (non-hydrogen) atoms. The summed E-state index contributed by atoms with van der Waals surface area (Å²) >= 11 is 0. The molecule has 0 saturated carbocycles. The van der Waals surface area contributed by atoms with Gasteiger partial charge >= 0.3 is 0 Å². The van der Waals surface area contributed by atoms with Gasteiger partial charge in [-0.1, -0.05) is 30.3 Å². The van der Waals surface area contributed by atoms with Gasteiger partial charge in [0.1, 0.15) is 12.2 Å². The van der Waals surface area contributed by atoms with Crippen LogP contribution in [0.1, 0.15) is 17.9 Å². The number of halogens is 1. The smallest absolute Gasteiger partial charge is 0.261 e. The molecular formula is C22H27FN4O4S. The average Bonchev–Trinajstić information content (AvgIpc) is 3.21. The molecule has 2 aromatic carbocycles. The number of anilines is 1. The van der Waals surface area contributed by atoms with Crippen molar-refractivity contribution in [3.63, 3.8) is 0 Å². The normalized spacial score (nSPS) is 18.1. The molecule has 3 N–H and O–H groups in total. The van der Waals surface area contributed by atoms with Crippen molar-refractivity contribution in [2.75, 3.05) is 31.9 Å². The van der Waals surface area contributed by atoms with E-state index in [-0.39, 0.29) is 30.3 Å². The SMILES string of the molecule is CN(C)C(=O)[C@@H](c1ccc(NS(=O)(=O)c2ccccc2)cc1)[C@H](N)C(=O)N1CC[C@H](F)C1. The Bertz CT molecular complexity index is 1060. The predicted molar refractivity (Wildman–Crippen MR) is 119 cm³/mol. The molecule has 2 amide bonds. The van der Waals surface area contributed by atoms with Crippen molar-refractivity contribution in [1.82, 2.24) is 9.80 Å². The molecule has 3 atom stereocenters. The Balaban J connectivity index is 1.83. The van der Waals surface area contributed by atoms with Gasteiger partial charge in [0.2, 0.25) is 11.8 Å². The minimum absolute atomic E-state index is 0.0321. The van der Waals surface area contributed by atoms with Gasteiger partial charge in [-0.25, -0.2) is 12.8 Å². The summed E-state index contributed by atoms with van der Waals surface area (Å²) in [7, 11) is -0.653. The summed E-state index contributed by atoms with van der Waals surface area (Å²) in [6, 6.07) is 12.9. The van der Waals surface area contributed by atoms with E-state index in [9.17, 15) is 22.4 Å². The van der Waals surface area contributed by atoms with Crippen molar-refractivity contribution in [1.29, 1.82) is 0 Å². The van der Waals surface area contributed by atoms with Gasteiger partial charge in [-0.2, -0.15) is 0 Å². The topological polar surface area (TPSA) is 113 Å². The average molecular weight is 463 g/mol. The largest absolute Gasteiger partial charge is 0.348 e. The summed E-state index contributed by atoms with van der Waals surface area (Å²) in [4.78, 5) is 28.5. The van der Waals surface area contributed by atoms with Crippen molar-refractivity contribution in [3.05, 3.63) is 60.2 Å².